The highest BCUT2D eigenvalue weighted by Gasteiger charge is 2.12. The first kappa shape index (κ1) is 21.1. The number of carbonyl (C=O) groups is 1. The minimum absolute atomic E-state index is 0.00397. The summed E-state index contributed by atoms with van der Waals surface area (Å²) in [6.07, 6.45) is 1.54. The van der Waals surface area contributed by atoms with Crippen LogP contribution in [0, 0.1) is 0 Å². The van der Waals surface area contributed by atoms with Crippen LogP contribution in [-0.4, -0.2) is 39.1 Å². The van der Waals surface area contributed by atoms with E-state index in [0.717, 1.165) is 5.56 Å². The minimum atomic E-state index is -0.358. The number of methoxy groups -OCH3 is 2. The molecule has 2 rings (SSSR count). The third-order valence-corrected chi connectivity index (χ3v) is 3.66. The molecule has 0 bridgehead atoms. The highest BCUT2D eigenvalue weighted by Crippen LogP contribution is 2.29. The van der Waals surface area contributed by atoms with Crippen LogP contribution in [0.5, 0.6) is 23.0 Å². The van der Waals surface area contributed by atoms with Crippen molar-refractivity contribution in [2.75, 3.05) is 20.8 Å². The highest BCUT2D eigenvalue weighted by atomic mass is 16.5. The Morgan fingerprint density at radius 1 is 1.04 bits per heavy atom. The van der Waals surface area contributed by atoms with Gasteiger partial charge >= 0.3 is 0 Å². The summed E-state index contributed by atoms with van der Waals surface area (Å²) in [7, 11) is 3.10. The van der Waals surface area contributed by atoms with Crippen molar-refractivity contribution in [2.45, 2.75) is 26.9 Å². The summed E-state index contributed by atoms with van der Waals surface area (Å²) in [5, 5.41) is 4.00. The van der Waals surface area contributed by atoms with Gasteiger partial charge in [0, 0.05) is 5.56 Å². The molecule has 1 amide bonds. The number of hydrogen-bond donors (Lipinski definition) is 1. The highest BCUT2D eigenvalue weighted by molar-refractivity contribution is 5.95. The SMILES string of the molecule is CCOc1ccc(/C=N\NC(=O)c2ccc(OC(C)C)c(OC)c2)cc1OC. The monoisotopic (exact) mass is 386 g/mol. The van der Waals surface area contributed by atoms with Gasteiger partial charge in [0.25, 0.3) is 5.91 Å². The molecule has 2 aromatic rings. The van der Waals surface area contributed by atoms with Gasteiger partial charge in [-0.2, -0.15) is 5.10 Å². The van der Waals surface area contributed by atoms with Crippen LogP contribution in [0.2, 0.25) is 0 Å². The van der Waals surface area contributed by atoms with Crippen molar-refractivity contribution >= 4 is 12.1 Å². The maximum absolute atomic E-state index is 12.3. The second-order valence-electron chi connectivity index (χ2n) is 6.07. The first-order valence-electron chi connectivity index (χ1n) is 8.97. The summed E-state index contributed by atoms with van der Waals surface area (Å²) < 4.78 is 21.7. The van der Waals surface area contributed by atoms with Gasteiger partial charge in [-0.25, -0.2) is 5.43 Å². The van der Waals surface area contributed by atoms with E-state index in [9.17, 15) is 4.79 Å². The van der Waals surface area contributed by atoms with Gasteiger partial charge in [0.1, 0.15) is 0 Å². The van der Waals surface area contributed by atoms with E-state index in [2.05, 4.69) is 10.5 Å². The number of hydrazone groups is 1. The third kappa shape index (κ3) is 5.64. The Morgan fingerprint density at radius 2 is 1.71 bits per heavy atom. The normalized spacial score (nSPS) is 10.8. The second-order valence-corrected chi connectivity index (χ2v) is 6.07. The summed E-state index contributed by atoms with van der Waals surface area (Å²) in [6, 6.07) is 10.4. The number of carbonyl (C=O) groups excluding carboxylic acids is 1. The maximum Gasteiger partial charge on any atom is 0.271 e. The predicted octanol–water partition coefficient (Wildman–Crippen LogP) is 3.65. The van der Waals surface area contributed by atoms with Gasteiger partial charge in [-0.15, -0.1) is 0 Å². The van der Waals surface area contributed by atoms with E-state index in [1.54, 1.807) is 37.4 Å². The molecule has 0 atom stereocenters. The molecule has 28 heavy (non-hydrogen) atoms. The fraction of sp³-hybridized carbons (Fsp3) is 0.333. The van der Waals surface area contributed by atoms with E-state index in [1.807, 2.05) is 26.8 Å². The average Bonchev–Trinajstić information content (AvgIpc) is 2.68. The Morgan fingerprint density at radius 3 is 2.36 bits per heavy atom. The quantitative estimate of drug-likeness (QED) is 0.526. The van der Waals surface area contributed by atoms with Crippen LogP contribution in [0.25, 0.3) is 0 Å². The van der Waals surface area contributed by atoms with Crippen molar-refractivity contribution < 1.29 is 23.7 Å². The maximum atomic E-state index is 12.3. The second kappa shape index (κ2) is 10.2. The van der Waals surface area contributed by atoms with Crippen molar-refractivity contribution in [3.63, 3.8) is 0 Å². The van der Waals surface area contributed by atoms with Crippen LogP contribution < -0.4 is 24.4 Å². The largest absolute Gasteiger partial charge is 0.493 e. The molecular weight excluding hydrogens is 360 g/mol. The molecule has 0 aliphatic carbocycles. The fourth-order valence-electron chi connectivity index (χ4n) is 2.43. The third-order valence-electron chi connectivity index (χ3n) is 3.66. The molecule has 0 aliphatic rings. The lowest BCUT2D eigenvalue weighted by Crippen LogP contribution is -2.18. The van der Waals surface area contributed by atoms with E-state index < -0.39 is 0 Å². The zero-order valence-corrected chi connectivity index (χ0v) is 16.8. The first-order chi connectivity index (χ1) is 13.5. The number of rotatable bonds is 9. The van der Waals surface area contributed by atoms with Crippen LogP contribution >= 0.6 is 0 Å². The molecule has 0 fully saturated rings. The molecule has 0 spiro atoms. The number of hydrogen-bond acceptors (Lipinski definition) is 6. The van der Waals surface area contributed by atoms with Gasteiger partial charge in [0.15, 0.2) is 23.0 Å². The molecule has 150 valence electrons. The van der Waals surface area contributed by atoms with E-state index in [0.29, 0.717) is 35.2 Å². The Balaban J connectivity index is 2.07. The Hall–Kier alpha value is -3.22. The van der Waals surface area contributed by atoms with E-state index in [4.69, 9.17) is 18.9 Å². The summed E-state index contributed by atoms with van der Waals surface area (Å²) in [5.74, 6) is 1.97. The van der Waals surface area contributed by atoms with Gasteiger partial charge in [-0.1, -0.05) is 0 Å². The molecule has 7 nitrogen and oxygen atoms in total. The van der Waals surface area contributed by atoms with E-state index >= 15 is 0 Å². The van der Waals surface area contributed by atoms with E-state index in [1.165, 1.54) is 13.3 Å². The zero-order chi connectivity index (χ0) is 20.5. The standard InChI is InChI=1S/C21H26N2O5/c1-6-27-17-9-7-15(11-19(17)25-4)13-22-23-21(24)16-8-10-18(28-14(2)3)20(12-16)26-5/h7-14H,6H2,1-5H3,(H,23,24)/b22-13-. The number of ether oxygens (including phenoxy) is 4. The van der Waals surface area contributed by atoms with Crippen molar-refractivity contribution in [1.82, 2.24) is 5.43 Å². The molecule has 0 unspecified atom stereocenters. The van der Waals surface area contributed by atoms with Gasteiger partial charge in [0.05, 0.1) is 33.1 Å². The Bertz CT molecular complexity index is 834. The molecule has 0 radical (unpaired) electrons. The molecule has 1 N–H and O–H groups in total. The van der Waals surface area contributed by atoms with Gasteiger partial charge in [-0.3, -0.25) is 4.79 Å². The zero-order valence-electron chi connectivity index (χ0n) is 16.8. The first-order valence-corrected chi connectivity index (χ1v) is 8.97. The van der Waals surface area contributed by atoms with Crippen molar-refractivity contribution in [2.24, 2.45) is 5.10 Å². The number of amides is 1. The predicted molar refractivity (Wildman–Crippen MR) is 108 cm³/mol. The Labute approximate surface area is 165 Å². The van der Waals surface area contributed by atoms with E-state index in [-0.39, 0.29) is 12.0 Å². The van der Waals surface area contributed by atoms with Crippen LogP contribution in [0.15, 0.2) is 41.5 Å². The number of nitrogens with one attached hydrogen (secondary N) is 1. The summed E-state index contributed by atoms with van der Waals surface area (Å²) in [5.41, 5.74) is 3.67. The number of nitrogens with zero attached hydrogens (tertiary/aromatic N) is 1. The van der Waals surface area contributed by atoms with Crippen LogP contribution in [0.1, 0.15) is 36.7 Å². The topological polar surface area (TPSA) is 78.4 Å². The molecule has 7 heteroatoms. The van der Waals surface area contributed by atoms with Crippen LogP contribution in [0.4, 0.5) is 0 Å². The minimum Gasteiger partial charge on any atom is -0.493 e. The van der Waals surface area contributed by atoms with Crippen LogP contribution in [0.3, 0.4) is 0 Å². The molecule has 0 heterocycles. The Kier molecular flexibility index (Phi) is 7.68. The fourth-order valence-corrected chi connectivity index (χ4v) is 2.43. The molecule has 2 aromatic carbocycles. The lowest BCUT2D eigenvalue weighted by atomic mass is 10.2. The average molecular weight is 386 g/mol. The summed E-state index contributed by atoms with van der Waals surface area (Å²) >= 11 is 0. The van der Waals surface area contributed by atoms with Crippen LogP contribution in [-0.2, 0) is 0 Å². The lowest BCUT2D eigenvalue weighted by molar-refractivity contribution is 0.0954. The molecule has 0 aromatic heterocycles. The van der Waals surface area contributed by atoms with Crippen molar-refractivity contribution in [3.8, 4) is 23.0 Å². The van der Waals surface area contributed by atoms with Gasteiger partial charge in [-0.05, 0) is 62.7 Å². The molecular formula is C21H26N2O5. The van der Waals surface area contributed by atoms with Gasteiger partial charge in [0.2, 0.25) is 0 Å². The van der Waals surface area contributed by atoms with Crippen molar-refractivity contribution in [1.29, 1.82) is 0 Å². The lowest BCUT2D eigenvalue weighted by Gasteiger charge is -2.14. The smallest absolute Gasteiger partial charge is 0.271 e. The van der Waals surface area contributed by atoms with Crippen molar-refractivity contribution in [3.05, 3.63) is 47.5 Å². The summed E-state index contributed by atoms with van der Waals surface area (Å²) in [6.45, 7) is 6.29. The molecule has 0 aliphatic heterocycles. The van der Waals surface area contributed by atoms with Gasteiger partial charge < -0.3 is 18.9 Å². The number of benzene rings is 2. The molecule has 0 saturated carbocycles. The molecule has 0 saturated heterocycles. The summed E-state index contributed by atoms with van der Waals surface area (Å²) in [4.78, 5) is 12.3.